The third-order valence-corrected chi connectivity index (χ3v) is 1.46. The first-order chi connectivity index (χ1) is 5.11. The summed E-state index contributed by atoms with van der Waals surface area (Å²) in [5.74, 6) is -0.0908. The first kappa shape index (κ1) is 7.88. The van der Waals surface area contributed by atoms with Crippen LogP contribution in [0.1, 0.15) is 18.6 Å². The van der Waals surface area contributed by atoms with Crippen LogP contribution in [0.25, 0.3) is 0 Å². The van der Waals surface area contributed by atoms with Gasteiger partial charge in [0.2, 0.25) is 0 Å². The Morgan fingerprint density at radius 2 is 1.91 bits per heavy atom. The van der Waals surface area contributed by atoms with Gasteiger partial charge in [0.05, 0.1) is 6.10 Å². The molecule has 0 fully saturated rings. The van der Waals surface area contributed by atoms with Crippen molar-refractivity contribution < 1.29 is 15.3 Å². The van der Waals surface area contributed by atoms with Crippen molar-refractivity contribution in [3.05, 3.63) is 23.8 Å². The lowest BCUT2D eigenvalue weighted by Crippen LogP contribution is -1.90. The Morgan fingerprint density at radius 1 is 1.27 bits per heavy atom. The summed E-state index contributed by atoms with van der Waals surface area (Å²) in [4.78, 5) is 0. The monoisotopic (exact) mass is 154 g/mol. The highest BCUT2D eigenvalue weighted by molar-refractivity contribution is 5.39. The fourth-order valence-electron chi connectivity index (χ4n) is 0.885. The van der Waals surface area contributed by atoms with E-state index in [2.05, 4.69) is 0 Å². The van der Waals surface area contributed by atoms with Crippen molar-refractivity contribution in [2.24, 2.45) is 0 Å². The van der Waals surface area contributed by atoms with Gasteiger partial charge in [0.25, 0.3) is 0 Å². The van der Waals surface area contributed by atoms with Gasteiger partial charge in [-0.15, -0.1) is 0 Å². The van der Waals surface area contributed by atoms with Crippen LogP contribution in [0.3, 0.4) is 0 Å². The van der Waals surface area contributed by atoms with Crippen LogP contribution in [0, 0.1) is 0 Å². The molecule has 0 heterocycles. The molecule has 0 aliphatic carbocycles. The van der Waals surface area contributed by atoms with E-state index in [1.54, 1.807) is 6.92 Å². The van der Waals surface area contributed by atoms with Gasteiger partial charge in [-0.3, -0.25) is 0 Å². The summed E-state index contributed by atoms with van der Waals surface area (Å²) in [5, 5.41) is 27.1. The molecule has 0 aromatic heterocycles. The van der Waals surface area contributed by atoms with Crippen molar-refractivity contribution in [3.8, 4) is 11.5 Å². The minimum Gasteiger partial charge on any atom is -0.508 e. The van der Waals surface area contributed by atoms with Gasteiger partial charge < -0.3 is 15.3 Å². The number of aliphatic hydroxyl groups excluding tert-OH is 1. The van der Waals surface area contributed by atoms with E-state index in [0.717, 1.165) is 0 Å². The number of aliphatic hydroxyl groups is 1. The highest BCUT2D eigenvalue weighted by atomic mass is 16.3. The van der Waals surface area contributed by atoms with Crippen molar-refractivity contribution in [2.75, 3.05) is 0 Å². The lowest BCUT2D eigenvalue weighted by Gasteiger charge is -2.06. The second-order valence-electron chi connectivity index (χ2n) is 2.42. The Hall–Kier alpha value is -1.22. The molecule has 1 rings (SSSR count). The normalized spacial score (nSPS) is 12.9. The quantitative estimate of drug-likeness (QED) is 0.568. The van der Waals surface area contributed by atoms with E-state index in [1.807, 2.05) is 0 Å². The molecule has 3 nitrogen and oxygen atoms in total. The zero-order chi connectivity index (χ0) is 8.43. The zero-order valence-electron chi connectivity index (χ0n) is 6.15. The van der Waals surface area contributed by atoms with E-state index in [4.69, 9.17) is 15.3 Å². The van der Waals surface area contributed by atoms with Crippen molar-refractivity contribution in [3.63, 3.8) is 0 Å². The van der Waals surface area contributed by atoms with Gasteiger partial charge in [-0.1, -0.05) is 0 Å². The number of rotatable bonds is 1. The second kappa shape index (κ2) is 2.80. The maximum Gasteiger partial charge on any atom is 0.125 e. The highest BCUT2D eigenvalue weighted by Gasteiger charge is 2.06. The topological polar surface area (TPSA) is 60.7 Å². The van der Waals surface area contributed by atoms with Crippen molar-refractivity contribution in [1.29, 1.82) is 0 Å². The largest absolute Gasteiger partial charge is 0.508 e. The molecule has 1 atom stereocenters. The van der Waals surface area contributed by atoms with Crippen LogP contribution in [0.2, 0.25) is 0 Å². The van der Waals surface area contributed by atoms with Crippen LogP contribution < -0.4 is 0 Å². The Kier molecular flexibility index (Phi) is 2.01. The van der Waals surface area contributed by atoms with E-state index in [0.29, 0.717) is 5.56 Å². The van der Waals surface area contributed by atoms with Gasteiger partial charge in [-0.25, -0.2) is 0 Å². The predicted molar refractivity (Wildman–Crippen MR) is 40.4 cm³/mol. The third kappa shape index (κ3) is 1.62. The smallest absolute Gasteiger partial charge is 0.125 e. The molecule has 0 amide bonds. The summed E-state index contributed by atoms with van der Waals surface area (Å²) in [6.07, 6.45) is -0.712. The molecule has 3 N–H and O–H groups in total. The molecule has 11 heavy (non-hydrogen) atoms. The van der Waals surface area contributed by atoms with E-state index >= 15 is 0 Å². The minimum absolute atomic E-state index is 0.00750. The Morgan fingerprint density at radius 3 is 2.36 bits per heavy atom. The molecular formula is C8H10O3. The van der Waals surface area contributed by atoms with Crippen molar-refractivity contribution in [1.82, 2.24) is 0 Å². The average Bonchev–Trinajstić information content (AvgIpc) is 1.85. The summed E-state index contributed by atoms with van der Waals surface area (Å²) in [6.45, 7) is 1.55. The first-order valence-corrected chi connectivity index (χ1v) is 3.31. The van der Waals surface area contributed by atoms with Crippen LogP contribution in [-0.4, -0.2) is 15.3 Å². The molecule has 0 saturated carbocycles. The summed E-state index contributed by atoms with van der Waals surface area (Å²) in [6, 6.07) is 4.10. The molecule has 0 saturated heterocycles. The molecule has 1 aromatic rings. The number of phenols is 2. The van der Waals surface area contributed by atoms with Crippen molar-refractivity contribution in [2.45, 2.75) is 13.0 Å². The van der Waals surface area contributed by atoms with Crippen LogP contribution >= 0.6 is 0 Å². The van der Waals surface area contributed by atoms with Crippen LogP contribution in [0.4, 0.5) is 0 Å². The molecule has 0 spiro atoms. The maximum absolute atomic E-state index is 9.14. The SMILES string of the molecule is CC(O)c1ccc(O)cc1O. The van der Waals surface area contributed by atoms with Crippen molar-refractivity contribution >= 4 is 0 Å². The fraction of sp³-hybridized carbons (Fsp3) is 0.250. The predicted octanol–water partition coefficient (Wildman–Crippen LogP) is 1.15. The first-order valence-electron chi connectivity index (χ1n) is 3.31. The van der Waals surface area contributed by atoms with E-state index in [1.165, 1.54) is 18.2 Å². The third-order valence-electron chi connectivity index (χ3n) is 1.46. The highest BCUT2D eigenvalue weighted by Crippen LogP contribution is 2.27. The lowest BCUT2D eigenvalue weighted by atomic mass is 10.1. The van der Waals surface area contributed by atoms with Crippen LogP contribution in [-0.2, 0) is 0 Å². The van der Waals surface area contributed by atoms with E-state index in [9.17, 15) is 0 Å². The number of hydrogen-bond donors (Lipinski definition) is 3. The zero-order valence-corrected chi connectivity index (χ0v) is 6.15. The lowest BCUT2D eigenvalue weighted by molar-refractivity contribution is 0.195. The fourth-order valence-corrected chi connectivity index (χ4v) is 0.885. The van der Waals surface area contributed by atoms with Crippen LogP contribution in [0.5, 0.6) is 11.5 Å². The standard InChI is InChI=1S/C8H10O3/c1-5(9)7-3-2-6(10)4-8(7)11/h2-5,9-11H,1H3. The second-order valence-corrected chi connectivity index (χ2v) is 2.42. The molecular weight excluding hydrogens is 144 g/mol. The summed E-state index contributed by atoms with van der Waals surface area (Å²) < 4.78 is 0. The van der Waals surface area contributed by atoms with Crippen LogP contribution in [0.15, 0.2) is 18.2 Å². The molecule has 0 bridgehead atoms. The molecule has 3 heteroatoms. The minimum atomic E-state index is -0.712. The van der Waals surface area contributed by atoms with Gasteiger partial charge >= 0.3 is 0 Å². The number of hydrogen-bond acceptors (Lipinski definition) is 3. The summed E-state index contributed by atoms with van der Waals surface area (Å²) in [7, 11) is 0. The number of aromatic hydroxyl groups is 2. The van der Waals surface area contributed by atoms with Gasteiger partial charge in [0.15, 0.2) is 0 Å². The van der Waals surface area contributed by atoms with Gasteiger partial charge in [0.1, 0.15) is 11.5 Å². The summed E-state index contributed by atoms with van der Waals surface area (Å²) >= 11 is 0. The van der Waals surface area contributed by atoms with E-state index < -0.39 is 6.10 Å². The molecule has 0 aliphatic heterocycles. The van der Waals surface area contributed by atoms with Gasteiger partial charge in [-0.05, 0) is 19.1 Å². The Bertz CT molecular complexity index is 256. The number of phenolic OH excluding ortho intramolecular Hbond substituents is 2. The molecule has 1 aromatic carbocycles. The molecule has 1 unspecified atom stereocenters. The molecule has 0 aliphatic rings. The summed E-state index contributed by atoms with van der Waals surface area (Å²) in [5.41, 5.74) is 0.419. The average molecular weight is 154 g/mol. The van der Waals surface area contributed by atoms with Gasteiger partial charge in [-0.2, -0.15) is 0 Å². The maximum atomic E-state index is 9.14. The number of benzene rings is 1. The Labute approximate surface area is 64.5 Å². The van der Waals surface area contributed by atoms with E-state index in [-0.39, 0.29) is 11.5 Å². The molecule has 60 valence electrons. The van der Waals surface area contributed by atoms with Gasteiger partial charge in [0, 0.05) is 11.6 Å². The Balaban J connectivity index is 3.09. The molecule has 0 radical (unpaired) electrons.